The van der Waals surface area contributed by atoms with Gasteiger partial charge in [0, 0.05) is 31.3 Å². The monoisotopic (exact) mass is 348 g/mol. The van der Waals surface area contributed by atoms with Crippen LogP contribution < -0.4 is 20.1 Å². The Morgan fingerprint density at radius 1 is 1.27 bits per heavy atom. The first-order chi connectivity index (χ1) is 10.6. The average Bonchev–Trinajstić information content (AvgIpc) is 2.49. The molecule has 0 fully saturated rings. The molecule has 0 saturated carbocycles. The van der Waals surface area contributed by atoms with Gasteiger partial charge in [-0.25, -0.2) is 0 Å². The van der Waals surface area contributed by atoms with Crippen molar-refractivity contribution in [2.24, 2.45) is 0 Å². The van der Waals surface area contributed by atoms with Gasteiger partial charge in [0.25, 0.3) is 0 Å². The molecule has 0 aromatic heterocycles. The number of nitrogens with two attached hydrogens (primary N) is 1. The van der Waals surface area contributed by atoms with Crippen molar-refractivity contribution in [3.8, 4) is 11.5 Å². The van der Waals surface area contributed by atoms with Crippen LogP contribution in [0.15, 0.2) is 12.1 Å². The number of halogens is 2. The van der Waals surface area contributed by atoms with E-state index in [-0.39, 0.29) is 11.7 Å². The molecular weight excluding hydrogens is 327 g/mol. The number of rotatable bonds is 9. The Bertz CT molecular complexity index is 492. The summed E-state index contributed by atoms with van der Waals surface area (Å²) < 4.78 is 10.6. The number of anilines is 2. The quantitative estimate of drug-likeness (QED) is 0.321. The van der Waals surface area contributed by atoms with Gasteiger partial charge < -0.3 is 20.1 Å². The van der Waals surface area contributed by atoms with Crippen molar-refractivity contribution < 1.29 is 14.3 Å². The maximum absolute atomic E-state index is 11.8. The number of nitrogens with zero attached hydrogens (tertiary/aromatic N) is 1. The average molecular weight is 349 g/mol. The fourth-order valence-electron chi connectivity index (χ4n) is 2.04. The fraction of sp³-hybridized carbons (Fsp3) is 0.533. The van der Waals surface area contributed by atoms with Gasteiger partial charge in [0.2, 0.25) is 0 Å². The number of carbonyl (C=O) groups excluding carboxylic acids is 1. The molecule has 1 aromatic rings. The molecular formula is C15H22Cl2N2O3. The molecule has 0 aliphatic rings. The zero-order chi connectivity index (χ0) is 16.5. The molecule has 0 unspecified atom stereocenters. The second-order valence-electron chi connectivity index (χ2n) is 4.62. The van der Waals surface area contributed by atoms with Crippen molar-refractivity contribution >= 4 is 40.5 Å². The second kappa shape index (κ2) is 9.64. The summed E-state index contributed by atoms with van der Waals surface area (Å²) in [6.45, 7) is 3.08. The number of hydrogen-bond acceptors (Lipinski definition) is 5. The largest absolute Gasteiger partial charge is 0.493 e. The van der Waals surface area contributed by atoms with Gasteiger partial charge in [-0.05, 0) is 18.6 Å². The predicted octanol–water partition coefficient (Wildman–Crippen LogP) is 3.27. The van der Waals surface area contributed by atoms with E-state index in [1.54, 1.807) is 6.07 Å². The van der Waals surface area contributed by atoms with Crippen LogP contribution in [0.3, 0.4) is 0 Å². The number of ether oxygens (including phenoxy) is 2. The molecule has 124 valence electrons. The van der Waals surface area contributed by atoms with Gasteiger partial charge in [-0.1, -0.05) is 6.92 Å². The summed E-state index contributed by atoms with van der Waals surface area (Å²) in [5.41, 5.74) is 7.25. The van der Waals surface area contributed by atoms with Gasteiger partial charge >= 0.3 is 5.97 Å². The first kappa shape index (κ1) is 18.7. The number of alkyl halides is 2. The zero-order valence-electron chi connectivity index (χ0n) is 12.9. The van der Waals surface area contributed by atoms with Crippen LogP contribution in [0.4, 0.5) is 11.4 Å². The Kier molecular flexibility index (Phi) is 8.20. The third-order valence-corrected chi connectivity index (χ3v) is 3.41. The van der Waals surface area contributed by atoms with E-state index in [1.165, 1.54) is 7.11 Å². The van der Waals surface area contributed by atoms with Gasteiger partial charge in [0.05, 0.1) is 12.8 Å². The summed E-state index contributed by atoms with van der Waals surface area (Å²) in [6.07, 6.45) is 1.02. The van der Waals surface area contributed by atoms with E-state index in [0.717, 1.165) is 5.69 Å². The van der Waals surface area contributed by atoms with Crippen LogP contribution in [0.25, 0.3) is 0 Å². The number of hydrogen-bond donors (Lipinski definition) is 1. The number of esters is 1. The van der Waals surface area contributed by atoms with E-state index >= 15 is 0 Å². The molecule has 22 heavy (non-hydrogen) atoms. The maximum Gasteiger partial charge on any atom is 0.311 e. The highest BCUT2D eigenvalue weighted by molar-refractivity contribution is 6.18. The van der Waals surface area contributed by atoms with Crippen LogP contribution >= 0.6 is 23.2 Å². The first-order valence-corrected chi connectivity index (χ1v) is 8.19. The summed E-state index contributed by atoms with van der Waals surface area (Å²) in [7, 11) is 1.50. The highest BCUT2D eigenvalue weighted by Gasteiger charge is 2.19. The minimum Gasteiger partial charge on any atom is -0.493 e. The lowest BCUT2D eigenvalue weighted by Gasteiger charge is -2.26. The molecule has 0 atom stereocenters. The van der Waals surface area contributed by atoms with Crippen LogP contribution in [0.1, 0.15) is 19.8 Å². The molecule has 0 saturated heterocycles. The van der Waals surface area contributed by atoms with Gasteiger partial charge in [-0.15, -0.1) is 23.2 Å². The highest BCUT2D eigenvalue weighted by atomic mass is 35.5. The van der Waals surface area contributed by atoms with Crippen molar-refractivity contribution in [1.82, 2.24) is 0 Å². The normalized spacial score (nSPS) is 10.4. The lowest BCUT2D eigenvalue weighted by atomic mass is 10.2. The SMILES string of the molecule is CCCC(=O)Oc1c(OC)ccc(N(CCCl)CCCl)c1N. The maximum atomic E-state index is 11.8. The number of methoxy groups -OCH3 is 1. The van der Waals surface area contributed by atoms with Crippen LogP contribution in [-0.4, -0.2) is 37.9 Å². The van der Waals surface area contributed by atoms with Crippen LogP contribution in [0.5, 0.6) is 11.5 Å². The van der Waals surface area contributed by atoms with E-state index in [0.29, 0.717) is 49.1 Å². The Morgan fingerprint density at radius 3 is 2.41 bits per heavy atom. The molecule has 5 nitrogen and oxygen atoms in total. The Labute approximate surface area is 141 Å². The Hall–Kier alpha value is -1.33. The molecule has 1 aromatic carbocycles. The molecule has 0 spiro atoms. The van der Waals surface area contributed by atoms with Crippen molar-refractivity contribution in [3.05, 3.63) is 12.1 Å². The van der Waals surface area contributed by atoms with E-state index in [9.17, 15) is 4.79 Å². The van der Waals surface area contributed by atoms with E-state index < -0.39 is 0 Å². The second-order valence-corrected chi connectivity index (χ2v) is 5.37. The lowest BCUT2D eigenvalue weighted by molar-refractivity contribution is -0.134. The Balaban J connectivity index is 3.17. The molecule has 0 aliphatic heterocycles. The smallest absolute Gasteiger partial charge is 0.311 e. The molecule has 0 radical (unpaired) electrons. The highest BCUT2D eigenvalue weighted by Crippen LogP contribution is 2.40. The molecule has 0 heterocycles. The standard InChI is InChI=1S/C15H22Cl2N2O3/c1-3-4-13(20)22-15-12(21-2)6-5-11(14(15)18)19(9-7-16)10-8-17/h5-6H,3-4,7-10,18H2,1-2H3. The van der Waals surface area contributed by atoms with Gasteiger partial charge in [-0.2, -0.15) is 0 Å². The molecule has 0 aliphatic carbocycles. The van der Waals surface area contributed by atoms with Crippen molar-refractivity contribution in [1.29, 1.82) is 0 Å². The molecule has 2 N–H and O–H groups in total. The van der Waals surface area contributed by atoms with Crippen LogP contribution in [-0.2, 0) is 4.79 Å². The lowest BCUT2D eigenvalue weighted by Crippen LogP contribution is -2.28. The fourth-order valence-corrected chi connectivity index (χ4v) is 2.44. The Morgan fingerprint density at radius 2 is 1.91 bits per heavy atom. The third-order valence-electron chi connectivity index (χ3n) is 3.08. The van der Waals surface area contributed by atoms with Crippen LogP contribution in [0.2, 0.25) is 0 Å². The van der Waals surface area contributed by atoms with Crippen LogP contribution in [0, 0.1) is 0 Å². The summed E-state index contributed by atoms with van der Waals surface area (Å²) in [5.74, 6) is 1.20. The van der Waals surface area contributed by atoms with Gasteiger partial charge in [0.15, 0.2) is 11.5 Å². The molecule has 1 rings (SSSR count). The predicted molar refractivity (Wildman–Crippen MR) is 91.6 cm³/mol. The number of benzene rings is 1. The molecule has 7 heteroatoms. The van der Waals surface area contributed by atoms with Crippen molar-refractivity contribution in [2.75, 3.05) is 42.6 Å². The van der Waals surface area contributed by atoms with Crippen molar-refractivity contribution in [3.63, 3.8) is 0 Å². The summed E-state index contributed by atoms with van der Waals surface area (Å²) >= 11 is 11.6. The summed E-state index contributed by atoms with van der Waals surface area (Å²) in [6, 6.07) is 3.53. The topological polar surface area (TPSA) is 64.8 Å². The van der Waals surface area contributed by atoms with E-state index in [4.69, 9.17) is 38.4 Å². The molecule has 0 bridgehead atoms. The van der Waals surface area contributed by atoms with E-state index in [1.807, 2.05) is 17.9 Å². The minimum atomic E-state index is -0.342. The van der Waals surface area contributed by atoms with Gasteiger partial charge in [-0.3, -0.25) is 4.79 Å². The zero-order valence-corrected chi connectivity index (χ0v) is 14.4. The number of carbonyl (C=O) groups is 1. The van der Waals surface area contributed by atoms with E-state index in [2.05, 4.69) is 0 Å². The van der Waals surface area contributed by atoms with Gasteiger partial charge in [0.1, 0.15) is 5.69 Å². The molecule has 0 amide bonds. The third kappa shape index (κ3) is 4.85. The minimum absolute atomic E-state index is 0.243. The van der Waals surface area contributed by atoms with Crippen molar-refractivity contribution in [2.45, 2.75) is 19.8 Å². The number of nitrogen functional groups attached to an aromatic ring is 1. The summed E-state index contributed by atoms with van der Waals surface area (Å²) in [5, 5.41) is 0. The summed E-state index contributed by atoms with van der Waals surface area (Å²) in [4.78, 5) is 13.7. The first-order valence-electron chi connectivity index (χ1n) is 7.13.